The minimum atomic E-state index is 0.761. The highest BCUT2D eigenvalue weighted by atomic mass is 32.1. The Morgan fingerprint density at radius 1 is 1.07 bits per heavy atom. The van der Waals surface area contributed by atoms with Crippen molar-refractivity contribution < 1.29 is 0 Å². The molecule has 0 spiro atoms. The molecule has 1 aromatic carbocycles. The van der Waals surface area contributed by atoms with Crippen LogP contribution in [-0.4, -0.2) is 50.2 Å². The zero-order valence-corrected chi connectivity index (χ0v) is 17.2. The normalized spacial score (nSPS) is 22.8. The second-order valence-corrected chi connectivity index (χ2v) is 9.05. The lowest BCUT2D eigenvalue weighted by atomic mass is 9.82. The summed E-state index contributed by atoms with van der Waals surface area (Å²) in [6, 6.07) is 11.6. The van der Waals surface area contributed by atoms with Gasteiger partial charge < -0.3 is 0 Å². The molecule has 3 aromatic rings. The van der Waals surface area contributed by atoms with E-state index in [0.717, 1.165) is 31.6 Å². The van der Waals surface area contributed by atoms with Gasteiger partial charge in [-0.3, -0.25) is 14.5 Å². The van der Waals surface area contributed by atoms with E-state index in [1.807, 2.05) is 28.7 Å². The smallest absolute Gasteiger partial charge is 0.0798 e. The van der Waals surface area contributed by atoms with Gasteiger partial charge >= 0.3 is 0 Å². The fourth-order valence-electron chi connectivity index (χ4n) is 4.72. The maximum absolute atomic E-state index is 4.40. The first-order valence-electron chi connectivity index (χ1n) is 10.2. The summed E-state index contributed by atoms with van der Waals surface area (Å²) in [4.78, 5) is 11.2. The molecule has 0 unspecified atom stereocenters. The number of nitrogens with zero attached hydrogens (tertiary/aromatic N) is 5. The summed E-state index contributed by atoms with van der Waals surface area (Å²) in [5.41, 5.74) is 6.00. The number of rotatable bonds is 6. The summed E-state index contributed by atoms with van der Waals surface area (Å²) >= 11 is 1.80. The Labute approximate surface area is 170 Å². The standard InChI is InChI=1S/C22H27N5S/c1-17-22(28-16-23-17)15-26-13-20-12-25(10-7-21(20)26)11-18-5-2-3-6-19(18)14-27-9-4-8-24-27/h2-6,8-9,16,20-21H,7,10-15H2,1H3/t20-,21-/m0/s1. The van der Waals surface area contributed by atoms with Gasteiger partial charge in [0.15, 0.2) is 0 Å². The van der Waals surface area contributed by atoms with Gasteiger partial charge in [0.25, 0.3) is 0 Å². The molecule has 2 aliphatic heterocycles. The molecule has 6 heteroatoms. The maximum atomic E-state index is 4.40. The largest absolute Gasteiger partial charge is 0.299 e. The third-order valence-corrected chi connectivity index (χ3v) is 7.23. The van der Waals surface area contributed by atoms with Gasteiger partial charge in [-0.15, -0.1) is 11.3 Å². The minimum absolute atomic E-state index is 0.761. The van der Waals surface area contributed by atoms with Crippen LogP contribution in [0.2, 0.25) is 0 Å². The second kappa shape index (κ2) is 7.78. The minimum Gasteiger partial charge on any atom is -0.299 e. The van der Waals surface area contributed by atoms with Gasteiger partial charge in [-0.25, -0.2) is 4.98 Å². The van der Waals surface area contributed by atoms with Crippen LogP contribution in [0.25, 0.3) is 0 Å². The van der Waals surface area contributed by atoms with Crippen LogP contribution in [0.5, 0.6) is 0 Å². The van der Waals surface area contributed by atoms with Crippen molar-refractivity contribution in [1.82, 2.24) is 24.6 Å². The number of hydrogen-bond acceptors (Lipinski definition) is 5. The van der Waals surface area contributed by atoms with Gasteiger partial charge in [0.05, 0.1) is 17.7 Å². The molecule has 2 fully saturated rings. The average Bonchev–Trinajstić information content (AvgIpc) is 3.34. The lowest BCUT2D eigenvalue weighted by Gasteiger charge is -2.53. The van der Waals surface area contributed by atoms with Crippen molar-refractivity contribution in [2.24, 2.45) is 5.92 Å². The molecule has 146 valence electrons. The Kier molecular flexibility index (Phi) is 5.01. The number of piperidine rings is 1. The van der Waals surface area contributed by atoms with E-state index in [1.54, 1.807) is 11.3 Å². The highest BCUT2D eigenvalue weighted by molar-refractivity contribution is 7.09. The van der Waals surface area contributed by atoms with E-state index in [4.69, 9.17) is 0 Å². The summed E-state index contributed by atoms with van der Waals surface area (Å²) in [7, 11) is 0. The highest BCUT2D eigenvalue weighted by Gasteiger charge is 2.42. The zero-order valence-electron chi connectivity index (χ0n) is 16.4. The third kappa shape index (κ3) is 3.64. The molecule has 0 radical (unpaired) electrons. The molecular weight excluding hydrogens is 366 g/mol. The number of likely N-dealkylation sites (tertiary alicyclic amines) is 2. The number of fused-ring (bicyclic) bond motifs is 1. The van der Waals surface area contributed by atoms with Crippen LogP contribution in [0, 0.1) is 12.8 Å². The van der Waals surface area contributed by atoms with Crippen LogP contribution in [0.15, 0.2) is 48.2 Å². The zero-order chi connectivity index (χ0) is 18.9. The Morgan fingerprint density at radius 3 is 2.64 bits per heavy atom. The summed E-state index contributed by atoms with van der Waals surface area (Å²) in [5, 5.41) is 4.37. The quantitative estimate of drug-likeness (QED) is 0.643. The molecule has 28 heavy (non-hydrogen) atoms. The second-order valence-electron chi connectivity index (χ2n) is 8.11. The first kappa shape index (κ1) is 18.0. The number of thiazole rings is 1. The molecule has 5 nitrogen and oxygen atoms in total. The van der Waals surface area contributed by atoms with Gasteiger partial charge in [-0.2, -0.15) is 5.10 Å². The van der Waals surface area contributed by atoms with E-state index < -0.39 is 0 Å². The summed E-state index contributed by atoms with van der Waals surface area (Å²) in [5.74, 6) is 0.820. The molecule has 0 amide bonds. The van der Waals surface area contributed by atoms with Crippen LogP contribution in [0.1, 0.15) is 28.1 Å². The first-order valence-corrected chi connectivity index (χ1v) is 11.0. The SMILES string of the molecule is Cc1ncsc1CN1C[C@@H]2CN(Cc3ccccc3Cn3cccn3)CC[C@@H]21. The lowest BCUT2D eigenvalue weighted by Crippen LogP contribution is -2.62. The van der Waals surface area contributed by atoms with Crippen LogP contribution >= 0.6 is 11.3 Å². The van der Waals surface area contributed by atoms with E-state index in [-0.39, 0.29) is 0 Å². The van der Waals surface area contributed by atoms with E-state index >= 15 is 0 Å². The number of benzene rings is 1. The van der Waals surface area contributed by atoms with Gasteiger partial charge in [-0.05, 0) is 43.0 Å². The predicted molar refractivity (Wildman–Crippen MR) is 112 cm³/mol. The van der Waals surface area contributed by atoms with Gasteiger partial charge in [0.1, 0.15) is 0 Å². The van der Waals surface area contributed by atoms with Crippen molar-refractivity contribution in [1.29, 1.82) is 0 Å². The van der Waals surface area contributed by atoms with E-state index in [1.165, 1.54) is 47.8 Å². The molecule has 4 heterocycles. The third-order valence-electron chi connectivity index (χ3n) is 6.31. The van der Waals surface area contributed by atoms with Crippen molar-refractivity contribution in [3.63, 3.8) is 0 Å². The van der Waals surface area contributed by atoms with Crippen molar-refractivity contribution in [2.45, 2.75) is 39.0 Å². The fraction of sp³-hybridized carbons (Fsp3) is 0.455. The molecule has 2 aliphatic rings. The predicted octanol–water partition coefficient (Wildman–Crippen LogP) is 3.40. The van der Waals surface area contributed by atoms with Crippen molar-refractivity contribution in [3.8, 4) is 0 Å². The van der Waals surface area contributed by atoms with Crippen LogP contribution in [0.3, 0.4) is 0 Å². The molecule has 0 bridgehead atoms. The van der Waals surface area contributed by atoms with E-state index in [0.29, 0.717) is 0 Å². The lowest BCUT2D eigenvalue weighted by molar-refractivity contribution is -0.0502. The summed E-state index contributed by atoms with van der Waals surface area (Å²) in [6.45, 7) is 8.76. The van der Waals surface area contributed by atoms with Crippen LogP contribution in [-0.2, 0) is 19.6 Å². The summed E-state index contributed by atoms with van der Waals surface area (Å²) in [6.07, 6.45) is 5.17. The molecule has 0 saturated carbocycles. The van der Waals surface area contributed by atoms with E-state index in [9.17, 15) is 0 Å². The molecule has 2 saturated heterocycles. The van der Waals surface area contributed by atoms with Gasteiger partial charge in [-0.1, -0.05) is 24.3 Å². The van der Waals surface area contributed by atoms with E-state index in [2.05, 4.69) is 51.1 Å². The van der Waals surface area contributed by atoms with Crippen LogP contribution in [0.4, 0.5) is 0 Å². The van der Waals surface area contributed by atoms with Gasteiger partial charge in [0.2, 0.25) is 0 Å². The number of hydrogen-bond donors (Lipinski definition) is 0. The fourth-order valence-corrected chi connectivity index (χ4v) is 5.52. The molecule has 5 rings (SSSR count). The highest BCUT2D eigenvalue weighted by Crippen LogP contribution is 2.35. The Balaban J connectivity index is 1.19. The van der Waals surface area contributed by atoms with Gasteiger partial charge in [0, 0.05) is 49.5 Å². The molecule has 0 N–H and O–H groups in total. The van der Waals surface area contributed by atoms with Crippen molar-refractivity contribution >= 4 is 11.3 Å². The number of aryl methyl sites for hydroxylation is 1. The Bertz CT molecular complexity index is 919. The average molecular weight is 394 g/mol. The summed E-state index contributed by atoms with van der Waals surface area (Å²) < 4.78 is 2.01. The maximum Gasteiger partial charge on any atom is 0.0798 e. The molecule has 2 aromatic heterocycles. The molecule has 0 aliphatic carbocycles. The topological polar surface area (TPSA) is 37.2 Å². The van der Waals surface area contributed by atoms with Crippen LogP contribution < -0.4 is 0 Å². The molecule has 2 atom stereocenters. The molecular formula is C22H27N5S. The monoisotopic (exact) mass is 393 g/mol. The Hall–Kier alpha value is -2.02. The Morgan fingerprint density at radius 2 is 1.93 bits per heavy atom. The first-order chi connectivity index (χ1) is 13.8. The van der Waals surface area contributed by atoms with Crippen molar-refractivity contribution in [2.75, 3.05) is 19.6 Å². The number of aromatic nitrogens is 3. The van der Waals surface area contributed by atoms with Crippen molar-refractivity contribution in [3.05, 3.63) is 69.9 Å².